The number of hydrogen-bond donors (Lipinski definition) is 1. The summed E-state index contributed by atoms with van der Waals surface area (Å²) in [5.74, 6) is -0.646. The van der Waals surface area contributed by atoms with Gasteiger partial charge in [-0.05, 0) is 42.0 Å². The summed E-state index contributed by atoms with van der Waals surface area (Å²) >= 11 is 12.4. The molecule has 158 valence electrons. The predicted octanol–water partition coefficient (Wildman–Crippen LogP) is 5.01. The van der Waals surface area contributed by atoms with Crippen molar-refractivity contribution in [3.8, 4) is 5.75 Å². The molecule has 0 unspecified atom stereocenters. The Morgan fingerprint density at radius 1 is 1.06 bits per heavy atom. The fraction of sp³-hybridized carbons (Fsp3) is 0.167. The van der Waals surface area contributed by atoms with Crippen molar-refractivity contribution in [2.75, 3.05) is 12.0 Å². The Kier molecular flexibility index (Phi) is 5.75. The van der Waals surface area contributed by atoms with Gasteiger partial charge in [0.1, 0.15) is 5.75 Å². The van der Waals surface area contributed by atoms with E-state index in [-0.39, 0.29) is 6.54 Å². The van der Waals surface area contributed by atoms with Crippen LogP contribution in [0.15, 0.2) is 66.7 Å². The summed E-state index contributed by atoms with van der Waals surface area (Å²) in [6.45, 7) is 0.151. The largest absolute Gasteiger partial charge is 0.496 e. The first-order valence-corrected chi connectivity index (χ1v) is 10.3. The molecule has 7 heteroatoms. The van der Waals surface area contributed by atoms with Gasteiger partial charge in [-0.15, -0.1) is 0 Å². The molecule has 3 aromatic rings. The lowest BCUT2D eigenvalue weighted by Gasteiger charge is -2.23. The van der Waals surface area contributed by atoms with Crippen molar-refractivity contribution in [1.82, 2.24) is 0 Å². The fourth-order valence-corrected chi connectivity index (χ4v) is 4.22. The van der Waals surface area contributed by atoms with Crippen molar-refractivity contribution in [2.45, 2.75) is 18.6 Å². The summed E-state index contributed by atoms with van der Waals surface area (Å²) in [7, 11) is 1.46. The van der Waals surface area contributed by atoms with Crippen molar-refractivity contribution in [2.24, 2.45) is 0 Å². The van der Waals surface area contributed by atoms with Gasteiger partial charge in [-0.3, -0.25) is 9.59 Å². The molecular weight excluding hydrogens is 437 g/mol. The third-order valence-corrected chi connectivity index (χ3v) is 6.01. The van der Waals surface area contributed by atoms with Crippen LogP contribution in [0.1, 0.15) is 27.9 Å². The number of ether oxygens (including phenoxy) is 1. The van der Waals surface area contributed by atoms with E-state index in [1.165, 1.54) is 18.1 Å². The average Bonchev–Trinajstić information content (AvgIpc) is 2.96. The first kappa shape index (κ1) is 21.4. The maximum atomic E-state index is 13.4. The third kappa shape index (κ3) is 3.81. The lowest BCUT2D eigenvalue weighted by Crippen LogP contribution is -2.41. The van der Waals surface area contributed by atoms with E-state index in [0.717, 1.165) is 5.56 Å². The van der Waals surface area contributed by atoms with Crippen LogP contribution in [0.5, 0.6) is 5.75 Å². The summed E-state index contributed by atoms with van der Waals surface area (Å²) in [6.07, 6.45) is -0.446. The number of aliphatic hydroxyl groups is 1. The molecule has 31 heavy (non-hydrogen) atoms. The number of carbonyl (C=O) groups is 2. The molecule has 3 aromatic carbocycles. The van der Waals surface area contributed by atoms with E-state index in [4.69, 9.17) is 27.9 Å². The van der Waals surface area contributed by atoms with E-state index in [1.807, 2.05) is 12.1 Å². The van der Waals surface area contributed by atoms with Crippen molar-refractivity contribution in [3.05, 3.63) is 93.5 Å². The molecule has 1 heterocycles. The standard InChI is InChI=1S/C24H19Cl2NO4/c1-31-22-9-5-3-7-17(22)21(28)13-24(30)18-12-16(25)10-11-20(18)27(23(24)29)14-15-6-2-4-8-19(15)26/h2-12,30H,13-14H2,1H3/t24-/m1/s1. The molecule has 0 saturated heterocycles. The zero-order valence-electron chi connectivity index (χ0n) is 16.6. The molecule has 5 nitrogen and oxygen atoms in total. The highest BCUT2D eigenvalue weighted by atomic mass is 35.5. The number of hydrogen-bond acceptors (Lipinski definition) is 4. The Bertz CT molecular complexity index is 1180. The Balaban J connectivity index is 1.74. The van der Waals surface area contributed by atoms with Crippen LogP contribution in [0.4, 0.5) is 5.69 Å². The van der Waals surface area contributed by atoms with Gasteiger partial charge in [0.25, 0.3) is 5.91 Å². The van der Waals surface area contributed by atoms with Crippen molar-refractivity contribution in [3.63, 3.8) is 0 Å². The molecule has 0 spiro atoms. The number of halogens is 2. The van der Waals surface area contributed by atoms with E-state index in [2.05, 4.69) is 0 Å². The first-order valence-electron chi connectivity index (χ1n) is 9.59. The fourth-order valence-electron chi connectivity index (χ4n) is 3.85. The number of amides is 1. The van der Waals surface area contributed by atoms with Crippen molar-refractivity contribution in [1.29, 1.82) is 0 Å². The van der Waals surface area contributed by atoms with Crippen LogP contribution in [0.25, 0.3) is 0 Å². The minimum absolute atomic E-state index is 0.151. The molecule has 1 N–H and O–H groups in total. The van der Waals surface area contributed by atoms with Gasteiger partial charge in [0.05, 0.1) is 31.3 Å². The molecule has 0 saturated carbocycles. The topological polar surface area (TPSA) is 66.8 Å². The minimum Gasteiger partial charge on any atom is -0.496 e. The second kappa shape index (κ2) is 8.35. The summed E-state index contributed by atoms with van der Waals surface area (Å²) in [5.41, 5.74) is -0.262. The number of Topliss-reactive ketones (excluding diaryl/α,β-unsaturated/α-hetero) is 1. The van der Waals surface area contributed by atoms with Gasteiger partial charge in [0.2, 0.25) is 0 Å². The summed E-state index contributed by atoms with van der Waals surface area (Å²) in [6, 6.07) is 18.7. The molecule has 1 aliphatic heterocycles. The number of rotatable bonds is 6. The number of para-hydroxylation sites is 1. The van der Waals surface area contributed by atoms with Crippen molar-refractivity contribution >= 4 is 40.6 Å². The Morgan fingerprint density at radius 3 is 2.52 bits per heavy atom. The van der Waals surface area contributed by atoms with Gasteiger partial charge in [-0.25, -0.2) is 0 Å². The van der Waals surface area contributed by atoms with E-state index < -0.39 is 23.7 Å². The number of methoxy groups -OCH3 is 1. The minimum atomic E-state index is -2.06. The van der Waals surface area contributed by atoms with E-state index in [9.17, 15) is 14.7 Å². The molecule has 1 aliphatic rings. The Morgan fingerprint density at radius 2 is 1.77 bits per heavy atom. The van der Waals surface area contributed by atoms with Crippen LogP contribution in [0.3, 0.4) is 0 Å². The van der Waals surface area contributed by atoms with Gasteiger partial charge in [0, 0.05) is 15.6 Å². The van der Waals surface area contributed by atoms with E-state index in [1.54, 1.807) is 48.5 Å². The molecule has 0 aliphatic carbocycles. The smallest absolute Gasteiger partial charge is 0.264 e. The highest BCUT2D eigenvalue weighted by Crippen LogP contribution is 2.45. The number of ketones is 1. The Hall–Kier alpha value is -2.86. The average molecular weight is 456 g/mol. The zero-order chi connectivity index (χ0) is 22.2. The van der Waals surface area contributed by atoms with Crippen LogP contribution in [0.2, 0.25) is 10.0 Å². The van der Waals surface area contributed by atoms with Crippen LogP contribution >= 0.6 is 23.2 Å². The molecule has 0 aromatic heterocycles. The lowest BCUT2D eigenvalue weighted by molar-refractivity contribution is -0.136. The summed E-state index contributed by atoms with van der Waals surface area (Å²) in [4.78, 5) is 28.0. The molecule has 0 fully saturated rings. The SMILES string of the molecule is COc1ccccc1C(=O)C[C@]1(O)C(=O)N(Cc2ccccc2Cl)c2ccc(Cl)cc21. The summed E-state index contributed by atoms with van der Waals surface area (Å²) < 4.78 is 5.26. The summed E-state index contributed by atoms with van der Waals surface area (Å²) in [5, 5.41) is 12.4. The van der Waals surface area contributed by atoms with Crippen LogP contribution < -0.4 is 9.64 Å². The molecule has 1 atom stereocenters. The highest BCUT2D eigenvalue weighted by molar-refractivity contribution is 6.31. The first-order chi connectivity index (χ1) is 14.8. The van der Waals surface area contributed by atoms with Gasteiger partial charge >= 0.3 is 0 Å². The van der Waals surface area contributed by atoms with E-state index >= 15 is 0 Å². The maximum absolute atomic E-state index is 13.4. The highest BCUT2D eigenvalue weighted by Gasteiger charge is 2.51. The monoisotopic (exact) mass is 455 g/mol. The van der Waals surface area contributed by atoms with Gasteiger partial charge < -0.3 is 14.7 Å². The maximum Gasteiger partial charge on any atom is 0.264 e. The number of anilines is 1. The van der Waals surface area contributed by atoms with Crippen LogP contribution in [0, 0.1) is 0 Å². The molecule has 0 bridgehead atoms. The third-order valence-electron chi connectivity index (χ3n) is 5.40. The predicted molar refractivity (Wildman–Crippen MR) is 120 cm³/mol. The number of benzene rings is 3. The van der Waals surface area contributed by atoms with Gasteiger partial charge in [-0.1, -0.05) is 53.5 Å². The molecule has 4 rings (SSSR count). The normalized spacial score (nSPS) is 17.5. The molecule has 0 radical (unpaired) electrons. The Labute approximate surface area is 189 Å². The van der Waals surface area contributed by atoms with E-state index in [0.29, 0.717) is 32.6 Å². The quantitative estimate of drug-likeness (QED) is 0.530. The number of fused-ring (bicyclic) bond motifs is 1. The molecular formula is C24H19Cl2NO4. The number of carbonyl (C=O) groups excluding carboxylic acids is 2. The van der Waals surface area contributed by atoms with Gasteiger partial charge in [0.15, 0.2) is 11.4 Å². The number of nitrogens with zero attached hydrogens (tertiary/aromatic N) is 1. The zero-order valence-corrected chi connectivity index (χ0v) is 18.2. The van der Waals surface area contributed by atoms with Gasteiger partial charge in [-0.2, -0.15) is 0 Å². The second-order valence-electron chi connectivity index (χ2n) is 7.30. The van der Waals surface area contributed by atoms with Crippen LogP contribution in [-0.4, -0.2) is 23.9 Å². The second-order valence-corrected chi connectivity index (χ2v) is 8.15. The molecule has 1 amide bonds. The van der Waals surface area contributed by atoms with Crippen LogP contribution in [-0.2, 0) is 16.9 Å². The van der Waals surface area contributed by atoms with Crippen molar-refractivity contribution < 1.29 is 19.4 Å². The lowest BCUT2D eigenvalue weighted by atomic mass is 9.88.